The molecule has 0 saturated carbocycles. The van der Waals surface area contributed by atoms with E-state index in [0.29, 0.717) is 10.0 Å². The van der Waals surface area contributed by atoms with Gasteiger partial charge in [0.25, 0.3) is 0 Å². The van der Waals surface area contributed by atoms with Crippen LogP contribution in [0.5, 0.6) is 0 Å². The fourth-order valence-corrected chi connectivity index (χ4v) is 5.39. The molecule has 5 aromatic carbocycles. The van der Waals surface area contributed by atoms with Crippen molar-refractivity contribution in [2.45, 2.75) is 12.3 Å². The monoisotopic (exact) mass is 560 g/mol. The topological polar surface area (TPSA) is 44.9 Å². The number of halogens is 2. The fraction of sp³-hybridized carbons (Fsp3) is 0.0571. The highest BCUT2D eigenvalue weighted by Crippen LogP contribution is 2.36. The molecule has 0 aliphatic heterocycles. The standard InChI is InChI=1S/C35H26Cl2N2O/c36-28-13-8-25(9-14-28)35(26-10-15-29(37)16-11-26)27-12-19-32-31(21-27)33(22-34(40)39-32)38-30-17-6-24(7-18-30)20-23-4-2-1-3-5-23/h1-19,21-22,35H,20H2,(H2,38,39,40). The Balaban J connectivity index is 1.37. The van der Waals surface area contributed by atoms with E-state index in [1.807, 2.05) is 36.4 Å². The lowest BCUT2D eigenvalue weighted by molar-refractivity contribution is 0.980. The molecule has 1 heterocycles. The second kappa shape index (κ2) is 11.4. The molecular formula is C35H26Cl2N2O. The maximum atomic E-state index is 12.6. The van der Waals surface area contributed by atoms with Gasteiger partial charge >= 0.3 is 0 Å². The van der Waals surface area contributed by atoms with Crippen molar-refractivity contribution in [3.63, 3.8) is 0 Å². The largest absolute Gasteiger partial charge is 0.355 e. The van der Waals surface area contributed by atoms with Crippen LogP contribution >= 0.6 is 23.2 Å². The molecule has 0 saturated heterocycles. The summed E-state index contributed by atoms with van der Waals surface area (Å²) in [5, 5.41) is 5.80. The van der Waals surface area contributed by atoms with Crippen LogP contribution in [0.15, 0.2) is 132 Å². The Kier molecular flexibility index (Phi) is 7.41. The third kappa shape index (κ3) is 5.81. The molecule has 0 radical (unpaired) electrons. The summed E-state index contributed by atoms with van der Waals surface area (Å²) in [6.45, 7) is 0. The van der Waals surface area contributed by atoms with Crippen LogP contribution in [-0.2, 0) is 6.42 Å². The highest BCUT2D eigenvalue weighted by atomic mass is 35.5. The Bertz CT molecular complexity index is 1770. The van der Waals surface area contributed by atoms with E-state index in [-0.39, 0.29) is 11.5 Å². The van der Waals surface area contributed by atoms with E-state index in [1.54, 1.807) is 6.07 Å². The van der Waals surface area contributed by atoms with Crippen molar-refractivity contribution in [1.82, 2.24) is 4.98 Å². The minimum Gasteiger partial charge on any atom is -0.355 e. The van der Waals surface area contributed by atoms with Gasteiger partial charge in [-0.3, -0.25) is 4.79 Å². The minimum atomic E-state index is -0.157. The van der Waals surface area contributed by atoms with Gasteiger partial charge in [0.2, 0.25) is 5.56 Å². The van der Waals surface area contributed by atoms with Gasteiger partial charge in [-0.1, -0.05) is 96.0 Å². The van der Waals surface area contributed by atoms with Gasteiger partial charge in [-0.05, 0) is 82.8 Å². The first-order valence-electron chi connectivity index (χ1n) is 13.1. The Morgan fingerprint density at radius 2 is 1.20 bits per heavy atom. The zero-order chi connectivity index (χ0) is 27.5. The maximum Gasteiger partial charge on any atom is 0.250 e. The van der Waals surface area contributed by atoms with E-state index in [4.69, 9.17) is 23.2 Å². The lowest BCUT2D eigenvalue weighted by Crippen LogP contribution is -2.08. The molecule has 6 rings (SSSR count). The summed E-state index contributed by atoms with van der Waals surface area (Å²) in [6, 6.07) is 42.4. The predicted octanol–water partition coefficient (Wildman–Crippen LogP) is 9.35. The lowest BCUT2D eigenvalue weighted by Gasteiger charge is -2.20. The second-order valence-electron chi connectivity index (χ2n) is 9.87. The zero-order valence-electron chi connectivity index (χ0n) is 21.6. The van der Waals surface area contributed by atoms with Crippen LogP contribution in [0.4, 0.5) is 11.4 Å². The van der Waals surface area contributed by atoms with E-state index in [0.717, 1.165) is 45.4 Å². The van der Waals surface area contributed by atoms with Gasteiger partial charge in [0.15, 0.2) is 0 Å². The van der Waals surface area contributed by atoms with Gasteiger partial charge in [0.05, 0.1) is 11.2 Å². The maximum absolute atomic E-state index is 12.6. The molecule has 0 amide bonds. The molecule has 3 nitrogen and oxygen atoms in total. The van der Waals surface area contributed by atoms with Crippen molar-refractivity contribution in [2.24, 2.45) is 0 Å². The summed E-state index contributed by atoms with van der Waals surface area (Å²) in [5.74, 6) is -0.0454. The number of rotatable bonds is 7. The first-order valence-corrected chi connectivity index (χ1v) is 13.9. The molecule has 0 atom stereocenters. The quantitative estimate of drug-likeness (QED) is 0.191. The molecule has 0 unspecified atom stereocenters. The number of aromatic amines is 1. The number of fused-ring (bicyclic) bond motifs is 1. The molecule has 0 aliphatic rings. The van der Waals surface area contributed by atoms with Crippen LogP contribution in [0.1, 0.15) is 33.7 Å². The smallest absolute Gasteiger partial charge is 0.250 e. The van der Waals surface area contributed by atoms with Gasteiger partial charge in [-0.2, -0.15) is 0 Å². The summed E-state index contributed by atoms with van der Waals surface area (Å²) in [7, 11) is 0. The van der Waals surface area contributed by atoms with Gasteiger partial charge in [0, 0.05) is 33.1 Å². The van der Waals surface area contributed by atoms with Gasteiger partial charge in [0.1, 0.15) is 0 Å². The second-order valence-corrected chi connectivity index (χ2v) is 10.7. The molecule has 0 fully saturated rings. The van der Waals surface area contributed by atoms with Gasteiger partial charge in [-0.15, -0.1) is 0 Å². The van der Waals surface area contributed by atoms with Crippen molar-refractivity contribution in [3.05, 3.63) is 176 Å². The lowest BCUT2D eigenvalue weighted by atomic mass is 9.84. The normalized spacial score (nSPS) is 11.2. The molecular weight excluding hydrogens is 535 g/mol. The highest BCUT2D eigenvalue weighted by molar-refractivity contribution is 6.30. The van der Waals surface area contributed by atoms with Crippen molar-refractivity contribution in [3.8, 4) is 0 Å². The summed E-state index contributed by atoms with van der Waals surface area (Å²) in [6.07, 6.45) is 0.870. The summed E-state index contributed by atoms with van der Waals surface area (Å²) in [4.78, 5) is 15.5. The summed E-state index contributed by atoms with van der Waals surface area (Å²) >= 11 is 12.4. The molecule has 1 aromatic heterocycles. The average Bonchev–Trinajstić information content (AvgIpc) is 2.97. The van der Waals surface area contributed by atoms with E-state index in [9.17, 15) is 4.79 Å². The fourth-order valence-electron chi connectivity index (χ4n) is 5.14. The van der Waals surface area contributed by atoms with Crippen LogP contribution in [-0.4, -0.2) is 4.98 Å². The molecule has 196 valence electrons. The highest BCUT2D eigenvalue weighted by Gasteiger charge is 2.18. The molecule has 2 N–H and O–H groups in total. The van der Waals surface area contributed by atoms with Crippen LogP contribution in [0.25, 0.3) is 10.9 Å². The number of benzene rings is 5. The average molecular weight is 562 g/mol. The van der Waals surface area contributed by atoms with Crippen LogP contribution in [0.2, 0.25) is 10.0 Å². The van der Waals surface area contributed by atoms with Crippen molar-refractivity contribution in [2.75, 3.05) is 5.32 Å². The number of aromatic nitrogens is 1. The number of pyridine rings is 1. The third-order valence-electron chi connectivity index (χ3n) is 7.09. The molecule has 0 bridgehead atoms. The Morgan fingerprint density at radius 1 is 0.625 bits per heavy atom. The molecule has 0 spiro atoms. The van der Waals surface area contributed by atoms with Crippen LogP contribution in [0.3, 0.4) is 0 Å². The van der Waals surface area contributed by atoms with Crippen molar-refractivity contribution < 1.29 is 0 Å². The SMILES string of the molecule is O=c1cc(Nc2ccc(Cc3ccccc3)cc2)c2cc(C(c3ccc(Cl)cc3)c3ccc(Cl)cc3)ccc2[nH]1. The first-order chi connectivity index (χ1) is 19.5. The number of hydrogen-bond acceptors (Lipinski definition) is 2. The van der Waals surface area contributed by atoms with E-state index < -0.39 is 0 Å². The summed E-state index contributed by atoms with van der Waals surface area (Å²) in [5.41, 5.74) is 8.09. The Labute approximate surface area is 243 Å². The van der Waals surface area contributed by atoms with Crippen LogP contribution in [0, 0.1) is 0 Å². The van der Waals surface area contributed by atoms with E-state index >= 15 is 0 Å². The number of anilines is 2. The minimum absolute atomic E-state index is 0.0454. The number of hydrogen-bond donors (Lipinski definition) is 2. The van der Waals surface area contributed by atoms with Gasteiger partial charge < -0.3 is 10.3 Å². The summed E-state index contributed by atoms with van der Waals surface area (Å²) < 4.78 is 0. The van der Waals surface area contributed by atoms with E-state index in [2.05, 4.69) is 95.2 Å². The Hall–Kier alpha value is -4.31. The van der Waals surface area contributed by atoms with Crippen LogP contribution < -0.4 is 10.9 Å². The molecule has 0 aliphatic carbocycles. The molecule has 5 heteroatoms. The van der Waals surface area contributed by atoms with E-state index in [1.165, 1.54) is 11.1 Å². The number of H-pyrrole nitrogens is 1. The predicted molar refractivity (Wildman–Crippen MR) is 167 cm³/mol. The molecule has 6 aromatic rings. The zero-order valence-corrected chi connectivity index (χ0v) is 23.1. The van der Waals surface area contributed by atoms with Crippen molar-refractivity contribution >= 4 is 45.5 Å². The third-order valence-corrected chi connectivity index (χ3v) is 7.60. The Morgan fingerprint density at radius 3 is 1.82 bits per heavy atom. The first kappa shape index (κ1) is 25.9. The molecule has 40 heavy (non-hydrogen) atoms. The number of nitrogens with one attached hydrogen (secondary N) is 2. The van der Waals surface area contributed by atoms with Crippen molar-refractivity contribution in [1.29, 1.82) is 0 Å². The van der Waals surface area contributed by atoms with Gasteiger partial charge in [-0.25, -0.2) is 0 Å².